The first-order chi connectivity index (χ1) is 15.6. The SMILES string of the molecule is O=C(NC(=S)Nc1ccc(N2CC[NH+](Cc3ccccc3)CC2)cc1)c1cccc(Cl)c1. The number of hydrogen-bond donors (Lipinski definition) is 3. The molecular weight excluding hydrogens is 440 g/mol. The number of nitrogens with zero attached hydrogens (tertiary/aromatic N) is 1. The molecule has 32 heavy (non-hydrogen) atoms. The number of quaternary nitrogens is 1. The van der Waals surface area contributed by atoms with Gasteiger partial charge in [0.2, 0.25) is 0 Å². The van der Waals surface area contributed by atoms with Crippen LogP contribution in [0.15, 0.2) is 78.9 Å². The molecule has 0 atom stereocenters. The largest absolute Gasteiger partial charge is 0.360 e. The van der Waals surface area contributed by atoms with Gasteiger partial charge in [-0.1, -0.05) is 48.0 Å². The van der Waals surface area contributed by atoms with E-state index in [1.807, 2.05) is 12.1 Å². The molecule has 164 valence electrons. The minimum atomic E-state index is -0.294. The van der Waals surface area contributed by atoms with Gasteiger partial charge in [-0.05, 0) is 54.7 Å². The summed E-state index contributed by atoms with van der Waals surface area (Å²) in [7, 11) is 0. The molecule has 0 saturated carbocycles. The van der Waals surface area contributed by atoms with Crippen LogP contribution in [-0.2, 0) is 6.54 Å². The number of amides is 1. The van der Waals surface area contributed by atoms with Crippen LogP contribution in [0.4, 0.5) is 11.4 Å². The van der Waals surface area contributed by atoms with Crippen molar-refractivity contribution in [2.24, 2.45) is 0 Å². The Morgan fingerprint density at radius 1 is 0.969 bits per heavy atom. The summed E-state index contributed by atoms with van der Waals surface area (Å²) in [6.07, 6.45) is 0. The average molecular weight is 466 g/mol. The Morgan fingerprint density at radius 2 is 1.69 bits per heavy atom. The summed E-state index contributed by atoms with van der Waals surface area (Å²) >= 11 is 11.2. The summed E-state index contributed by atoms with van der Waals surface area (Å²) < 4.78 is 0. The van der Waals surface area contributed by atoms with Gasteiger partial charge in [0, 0.05) is 27.5 Å². The van der Waals surface area contributed by atoms with Crippen LogP contribution in [0, 0.1) is 0 Å². The Hall–Kier alpha value is -2.93. The van der Waals surface area contributed by atoms with Gasteiger partial charge in [0.05, 0.1) is 26.2 Å². The minimum Gasteiger partial charge on any atom is -0.360 e. The molecule has 3 aromatic carbocycles. The number of thiocarbonyl (C=S) groups is 1. The minimum absolute atomic E-state index is 0.251. The number of halogens is 1. The topological polar surface area (TPSA) is 48.8 Å². The summed E-state index contributed by atoms with van der Waals surface area (Å²) in [5.74, 6) is -0.294. The molecule has 0 bridgehead atoms. The zero-order chi connectivity index (χ0) is 22.3. The van der Waals surface area contributed by atoms with Crippen LogP contribution in [0.1, 0.15) is 15.9 Å². The highest BCUT2D eigenvalue weighted by Crippen LogP contribution is 2.18. The van der Waals surface area contributed by atoms with Crippen molar-refractivity contribution in [3.8, 4) is 0 Å². The Kier molecular flexibility index (Phi) is 7.37. The van der Waals surface area contributed by atoms with E-state index in [-0.39, 0.29) is 11.0 Å². The standard InChI is InChI=1S/C25H25ClN4OS/c26-21-8-4-7-20(17-21)24(31)28-25(32)27-22-9-11-23(12-10-22)30-15-13-29(14-16-30)18-19-5-2-1-3-6-19/h1-12,17H,13-16,18H2,(H2,27,28,31,32)/p+1. The summed E-state index contributed by atoms with van der Waals surface area (Å²) in [4.78, 5) is 16.3. The fourth-order valence-electron chi connectivity index (χ4n) is 3.87. The zero-order valence-corrected chi connectivity index (χ0v) is 19.3. The van der Waals surface area contributed by atoms with Crippen LogP contribution in [0.3, 0.4) is 0 Å². The van der Waals surface area contributed by atoms with Crippen molar-refractivity contribution in [1.82, 2.24) is 5.32 Å². The number of piperazine rings is 1. The van der Waals surface area contributed by atoms with Crippen molar-refractivity contribution >= 4 is 46.2 Å². The second kappa shape index (κ2) is 10.6. The van der Waals surface area contributed by atoms with Crippen LogP contribution in [0.2, 0.25) is 5.02 Å². The average Bonchev–Trinajstić information content (AvgIpc) is 2.81. The van der Waals surface area contributed by atoms with E-state index >= 15 is 0 Å². The van der Waals surface area contributed by atoms with Gasteiger partial charge in [-0.15, -0.1) is 0 Å². The van der Waals surface area contributed by atoms with Gasteiger partial charge >= 0.3 is 0 Å². The van der Waals surface area contributed by atoms with Crippen molar-refractivity contribution in [2.45, 2.75) is 6.54 Å². The number of rotatable bonds is 5. The normalized spacial score (nSPS) is 14.1. The van der Waals surface area contributed by atoms with E-state index in [1.54, 1.807) is 29.2 Å². The molecule has 1 heterocycles. The molecule has 0 spiro atoms. The molecule has 0 radical (unpaired) electrons. The number of hydrogen-bond acceptors (Lipinski definition) is 3. The van der Waals surface area contributed by atoms with Crippen molar-refractivity contribution in [3.63, 3.8) is 0 Å². The third-order valence-electron chi connectivity index (χ3n) is 5.57. The van der Waals surface area contributed by atoms with E-state index in [9.17, 15) is 4.79 Å². The third-order valence-corrected chi connectivity index (χ3v) is 6.01. The Balaban J connectivity index is 1.26. The summed E-state index contributed by atoms with van der Waals surface area (Å²) in [5.41, 5.74) is 3.89. The molecule has 3 N–H and O–H groups in total. The Morgan fingerprint density at radius 3 is 2.38 bits per heavy atom. The smallest absolute Gasteiger partial charge is 0.257 e. The molecule has 4 rings (SSSR count). The predicted molar refractivity (Wildman–Crippen MR) is 135 cm³/mol. The van der Waals surface area contributed by atoms with Gasteiger partial charge < -0.3 is 15.1 Å². The van der Waals surface area contributed by atoms with E-state index < -0.39 is 0 Å². The third kappa shape index (κ3) is 6.07. The van der Waals surface area contributed by atoms with Gasteiger partial charge in [0.25, 0.3) is 5.91 Å². The fraction of sp³-hybridized carbons (Fsp3) is 0.200. The quantitative estimate of drug-likeness (QED) is 0.506. The molecular formula is C25H26ClN4OS+. The van der Waals surface area contributed by atoms with E-state index in [4.69, 9.17) is 23.8 Å². The summed E-state index contributed by atoms with van der Waals surface area (Å²) in [6, 6.07) is 25.6. The molecule has 1 fully saturated rings. The Bertz CT molecular complexity index is 1070. The lowest BCUT2D eigenvalue weighted by atomic mass is 10.2. The highest BCUT2D eigenvalue weighted by Gasteiger charge is 2.20. The number of benzene rings is 3. The molecule has 1 saturated heterocycles. The van der Waals surface area contributed by atoms with E-state index in [0.29, 0.717) is 10.6 Å². The van der Waals surface area contributed by atoms with E-state index in [0.717, 1.165) is 38.4 Å². The number of nitrogens with one attached hydrogen (secondary N) is 3. The Labute approximate surface area is 199 Å². The van der Waals surface area contributed by atoms with Crippen molar-refractivity contribution in [2.75, 3.05) is 36.4 Å². The molecule has 0 aliphatic carbocycles. The monoisotopic (exact) mass is 465 g/mol. The van der Waals surface area contributed by atoms with Crippen molar-refractivity contribution < 1.29 is 9.69 Å². The molecule has 1 aliphatic rings. The van der Waals surface area contributed by atoms with Crippen LogP contribution in [-0.4, -0.2) is 37.2 Å². The molecule has 1 amide bonds. The maximum absolute atomic E-state index is 12.3. The molecule has 0 unspecified atom stereocenters. The van der Waals surface area contributed by atoms with Crippen molar-refractivity contribution in [1.29, 1.82) is 0 Å². The lowest BCUT2D eigenvalue weighted by Crippen LogP contribution is -3.13. The van der Waals surface area contributed by atoms with E-state index in [2.05, 4.69) is 58.0 Å². The first kappa shape index (κ1) is 22.3. The molecule has 1 aliphatic heterocycles. The highest BCUT2D eigenvalue weighted by molar-refractivity contribution is 7.80. The second-order valence-electron chi connectivity index (χ2n) is 7.86. The molecule has 7 heteroatoms. The first-order valence-corrected chi connectivity index (χ1v) is 11.5. The van der Waals surface area contributed by atoms with Gasteiger partial charge in [-0.2, -0.15) is 0 Å². The molecule has 0 aromatic heterocycles. The van der Waals surface area contributed by atoms with Gasteiger partial charge in [-0.25, -0.2) is 0 Å². The van der Waals surface area contributed by atoms with Crippen LogP contribution in [0.5, 0.6) is 0 Å². The lowest BCUT2D eigenvalue weighted by Gasteiger charge is -2.33. The number of anilines is 2. The molecule has 3 aromatic rings. The number of carbonyl (C=O) groups is 1. The van der Waals surface area contributed by atoms with Gasteiger partial charge in [0.15, 0.2) is 5.11 Å². The lowest BCUT2D eigenvalue weighted by molar-refractivity contribution is -0.914. The highest BCUT2D eigenvalue weighted by atomic mass is 35.5. The van der Waals surface area contributed by atoms with Gasteiger partial charge in [0.1, 0.15) is 6.54 Å². The second-order valence-corrected chi connectivity index (χ2v) is 8.71. The first-order valence-electron chi connectivity index (χ1n) is 10.7. The molecule has 5 nitrogen and oxygen atoms in total. The summed E-state index contributed by atoms with van der Waals surface area (Å²) in [5, 5.41) is 6.51. The van der Waals surface area contributed by atoms with Crippen LogP contribution in [0.25, 0.3) is 0 Å². The maximum atomic E-state index is 12.3. The van der Waals surface area contributed by atoms with Gasteiger partial charge in [-0.3, -0.25) is 10.1 Å². The number of carbonyl (C=O) groups excluding carboxylic acids is 1. The summed E-state index contributed by atoms with van der Waals surface area (Å²) in [6.45, 7) is 5.38. The fourth-order valence-corrected chi connectivity index (χ4v) is 4.27. The van der Waals surface area contributed by atoms with Crippen LogP contribution < -0.4 is 20.4 Å². The van der Waals surface area contributed by atoms with Crippen molar-refractivity contribution in [3.05, 3.63) is 95.0 Å². The zero-order valence-electron chi connectivity index (χ0n) is 17.7. The van der Waals surface area contributed by atoms with Crippen LogP contribution >= 0.6 is 23.8 Å². The maximum Gasteiger partial charge on any atom is 0.257 e. The predicted octanol–water partition coefficient (Wildman–Crippen LogP) is 3.37. The van der Waals surface area contributed by atoms with E-state index in [1.165, 1.54) is 11.3 Å².